The van der Waals surface area contributed by atoms with Crippen molar-refractivity contribution >= 4 is 0 Å². The molecule has 1 unspecified atom stereocenters. The highest BCUT2D eigenvalue weighted by atomic mass is 14.9. The van der Waals surface area contributed by atoms with Crippen molar-refractivity contribution in [2.24, 2.45) is 0 Å². The van der Waals surface area contributed by atoms with Gasteiger partial charge in [-0.3, -0.25) is 0 Å². The van der Waals surface area contributed by atoms with E-state index >= 15 is 0 Å². The predicted molar refractivity (Wildman–Crippen MR) is 86.5 cm³/mol. The van der Waals surface area contributed by atoms with E-state index in [1.54, 1.807) is 0 Å². The minimum Gasteiger partial charge on any atom is -0.316 e. The summed E-state index contributed by atoms with van der Waals surface area (Å²) in [5, 5.41) is 3.49. The van der Waals surface area contributed by atoms with Crippen LogP contribution in [0.1, 0.15) is 41.3 Å². The van der Waals surface area contributed by atoms with Crippen molar-refractivity contribution in [2.45, 2.75) is 39.5 Å². The molecule has 3 nitrogen and oxygen atoms in total. The number of hydrogen-bond donors (Lipinski definition) is 1. The Morgan fingerprint density at radius 2 is 1.86 bits per heavy atom. The van der Waals surface area contributed by atoms with Gasteiger partial charge in [-0.1, -0.05) is 23.8 Å². The summed E-state index contributed by atoms with van der Waals surface area (Å²) in [6.45, 7) is 8.53. The van der Waals surface area contributed by atoms with Crippen LogP contribution in [0.3, 0.4) is 0 Å². The van der Waals surface area contributed by atoms with E-state index in [4.69, 9.17) is 9.97 Å². The van der Waals surface area contributed by atoms with Crippen LogP contribution in [0, 0.1) is 20.8 Å². The predicted octanol–water partition coefficient (Wildman–Crippen LogP) is 3.54. The second-order valence-corrected chi connectivity index (χ2v) is 6.04. The summed E-state index contributed by atoms with van der Waals surface area (Å²) in [5.41, 5.74) is 5.96. The maximum absolute atomic E-state index is 4.78. The van der Waals surface area contributed by atoms with Gasteiger partial charge < -0.3 is 5.32 Å². The highest BCUT2D eigenvalue weighted by Gasteiger charge is 2.21. The van der Waals surface area contributed by atoms with Gasteiger partial charge in [0.2, 0.25) is 0 Å². The first-order valence-electron chi connectivity index (χ1n) is 7.78. The molecule has 1 aromatic heterocycles. The molecule has 0 amide bonds. The molecule has 1 saturated heterocycles. The van der Waals surface area contributed by atoms with Crippen LogP contribution in [-0.2, 0) is 0 Å². The van der Waals surface area contributed by atoms with E-state index in [0.29, 0.717) is 5.92 Å². The topological polar surface area (TPSA) is 37.8 Å². The number of aryl methyl sites for hydroxylation is 3. The third-order valence-corrected chi connectivity index (χ3v) is 4.31. The SMILES string of the molecule is Cc1cccc(-c2nc(C)c(C3CCCNC3)c(C)n2)c1. The summed E-state index contributed by atoms with van der Waals surface area (Å²) in [5.74, 6) is 1.41. The summed E-state index contributed by atoms with van der Waals surface area (Å²) >= 11 is 0. The van der Waals surface area contributed by atoms with E-state index in [-0.39, 0.29) is 0 Å². The lowest BCUT2D eigenvalue weighted by molar-refractivity contribution is 0.457. The van der Waals surface area contributed by atoms with E-state index in [1.165, 1.54) is 24.0 Å². The highest BCUT2D eigenvalue weighted by molar-refractivity contribution is 5.57. The van der Waals surface area contributed by atoms with Crippen molar-refractivity contribution in [2.75, 3.05) is 13.1 Å². The third kappa shape index (κ3) is 2.98. The van der Waals surface area contributed by atoms with Gasteiger partial charge in [0.1, 0.15) is 0 Å². The molecule has 1 aromatic carbocycles. The molecular weight excluding hydrogens is 258 g/mol. The Balaban J connectivity index is 1.99. The third-order valence-electron chi connectivity index (χ3n) is 4.31. The van der Waals surface area contributed by atoms with Crippen LogP contribution in [0.2, 0.25) is 0 Å². The van der Waals surface area contributed by atoms with Gasteiger partial charge in [0.25, 0.3) is 0 Å². The molecule has 0 saturated carbocycles. The lowest BCUT2D eigenvalue weighted by Gasteiger charge is -2.25. The normalized spacial score (nSPS) is 18.7. The Morgan fingerprint density at radius 1 is 1.10 bits per heavy atom. The van der Waals surface area contributed by atoms with Gasteiger partial charge in [-0.15, -0.1) is 0 Å². The average Bonchev–Trinajstić information content (AvgIpc) is 2.47. The fourth-order valence-electron chi connectivity index (χ4n) is 3.33. The zero-order chi connectivity index (χ0) is 14.8. The fraction of sp³-hybridized carbons (Fsp3) is 0.444. The van der Waals surface area contributed by atoms with E-state index < -0.39 is 0 Å². The minimum atomic E-state index is 0.560. The molecule has 1 atom stereocenters. The Kier molecular flexibility index (Phi) is 4.02. The summed E-state index contributed by atoms with van der Waals surface area (Å²) in [7, 11) is 0. The molecule has 2 heterocycles. The maximum atomic E-state index is 4.78. The molecule has 2 aromatic rings. The molecule has 0 spiro atoms. The Bertz CT molecular complexity index is 620. The second kappa shape index (κ2) is 5.94. The van der Waals surface area contributed by atoms with Crippen molar-refractivity contribution < 1.29 is 0 Å². The van der Waals surface area contributed by atoms with Gasteiger partial charge >= 0.3 is 0 Å². The molecule has 0 aliphatic carbocycles. The molecule has 3 heteroatoms. The number of rotatable bonds is 2. The van der Waals surface area contributed by atoms with E-state index in [2.05, 4.69) is 50.4 Å². The molecule has 1 aliphatic rings. The van der Waals surface area contributed by atoms with Gasteiger partial charge in [-0.2, -0.15) is 0 Å². The Morgan fingerprint density at radius 3 is 2.48 bits per heavy atom. The van der Waals surface area contributed by atoms with Crippen molar-refractivity contribution in [1.29, 1.82) is 0 Å². The van der Waals surface area contributed by atoms with Gasteiger partial charge in [-0.25, -0.2) is 9.97 Å². The first kappa shape index (κ1) is 14.2. The number of benzene rings is 1. The summed E-state index contributed by atoms with van der Waals surface area (Å²) in [6.07, 6.45) is 2.48. The number of hydrogen-bond acceptors (Lipinski definition) is 3. The van der Waals surface area contributed by atoms with Gasteiger partial charge in [0.05, 0.1) is 0 Å². The lowest BCUT2D eigenvalue weighted by atomic mass is 9.89. The largest absolute Gasteiger partial charge is 0.316 e. The van der Waals surface area contributed by atoms with Crippen LogP contribution < -0.4 is 5.32 Å². The maximum Gasteiger partial charge on any atom is 0.159 e. The number of nitrogens with zero attached hydrogens (tertiary/aromatic N) is 2. The molecule has 1 N–H and O–H groups in total. The standard InChI is InChI=1S/C18H23N3/c1-12-6-4-7-15(10-12)18-20-13(2)17(14(3)21-18)16-8-5-9-19-11-16/h4,6-7,10,16,19H,5,8-9,11H2,1-3H3. The molecule has 3 rings (SSSR count). The minimum absolute atomic E-state index is 0.560. The van der Waals surface area contributed by atoms with Crippen LogP contribution in [0.5, 0.6) is 0 Å². The summed E-state index contributed by atoms with van der Waals surface area (Å²) in [4.78, 5) is 9.56. The van der Waals surface area contributed by atoms with Gasteiger partial charge in [0, 0.05) is 23.5 Å². The molecule has 110 valence electrons. The van der Waals surface area contributed by atoms with Gasteiger partial charge in [-0.05, 0) is 57.7 Å². The van der Waals surface area contributed by atoms with Crippen molar-refractivity contribution in [1.82, 2.24) is 15.3 Å². The van der Waals surface area contributed by atoms with Crippen LogP contribution in [0.25, 0.3) is 11.4 Å². The zero-order valence-corrected chi connectivity index (χ0v) is 13.1. The number of piperidine rings is 1. The first-order chi connectivity index (χ1) is 10.1. The summed E-state index contributed by atoms with van der Waals surface area (Å²) in [6, 6.07) is 8.40. The average molecular weight is 281 g/mol. The van der Waals surface area contributed by atoms with Crippen LogP contribution in [-0.4, -0.2) is 23.1 Å². The molecule has 21 heavy (non-hydrogen) atoms. The van der Waals surface area contributed by atoms with Gasteiger partial charge in [0.15, 0.2) is 5.82 Å². The molecular formula is C18H23N3. The van der Waals surface area contributed by atoms with Crippen LogP contribution in [0.4, 0.5) is 0 Å². The monoisotopic (exact) mass is 281 g/mol. The highest BCUT2D eigenvalue weighted by Crippen LogP contribution is 2.29. The van der Waals surface area contributed by atoms with Crippen LogP contribution >= 0.6 is 0 Å². The molecule has 0 bridgehead atoms. The Labute approximate surface area is 126 Å². The van der Waals surface area contributed by atoms with Crippen molar-refractivity contribution in [3.8, 4) is 11.4 Å². The molecule has 1 aliphatic heterocycles. The fourth-order valence-corrected chi connectivity index (χ4v) is 3.33. The molecule has 0 radical (unpaired) electrons. The van der Waals surface area contributed by atoms with E-state index in [9.17, 15) is 0 Å². The molecule has 1 fully saturated rings. The van der Waals surface area contributed by atoms with Crippen LogP contribution in [0.15, 0.2) is 24.3 Å². The zero-order valence-electron chi connectivity index (χ0n) is 13.1. The van der Waals surface area contributed by atoms with E-state index in [0.717, 1.165) is 35.9 Å². The number of nitrogens with one attached hydrogen (secondary N) is 1. The summed E-state index contributed by atoms with van der Waals surface area (Å²) < 4.78 is 0. The van der Waals surface area contributed by atoms with Crippen molar-refractivity contribution in [3.05, 3.63) is 46.8 Å². The quantitative estimate of drug-likeness (QED) is 0.915. The van der Waals surface area contributed by atoms with Crippen molar-refractivity contribution in [3.63, 3.8) is 0 Å². The van der Waals surface area contributed by atoms with E-state index in [1.807, 2.05) is 0 Å². The second-order valence-electron chi connectivity index (χ2n) is 6.04. The number of aromatic nitrogens is 2. The first-order valence-corrected chi connectivity index (χ1v) is 7.78. The smallest absolute Gasteiger partial charge is 0.159 e. The Hall–Kier alpha value is -1.74. The lowest BCUT2D eigenvalue weighted by Crippen LogP contribution is -2.29.